The molecule has 0 aromatic rings. The molecule has 0 saturated carbocycles. The molecule has 110 valence electrons. The molecule has 0 spiro atoms. The summed E-state index contributed by atoms with van der Waals surface area (Å²) in [6.45, 7) is 12.6. The maximum atomic E-state index is 9.26. The smallest absolute Gasteiger partial charge is 0.162 e. The van der Waals surface area contributed by atoms with E-state index in [1.165, 1.54) is 6.42 Å². The van der Waals surface area contributed by atoms with E-state index < -0.39 is 5.41 Å². The number of rotatable bonds is 9. The first-order chi connectivity index (χ1) is 9.34. The summed E-state index contributed by atoms with van der Waals surface area (Å²) >= 11 is 0. The molecular weight excluding hydrogens is 244 g/mol. The Labute approximate surface area is 124 Å². The van der Waals surface area contributed by atoms with E-state index in [-0.39, 0.29) is 0 Å². The van der Waals surface area contributed by atoms with Crippen molar-refractivity contribution < 1.29 is 0 Å². The van der Waals surface area contributed by atoms with Gasteiger partial charge in [0, 0.05) is 0 Å². The van der Waals surface area contributed by atoms with Crippen molar-refractivity contribution in [3.05, 3.63) is 24.8 Å². The highest BCUT2D eigenvalue weighted by molar-refractivity contribution is 5.24. The van der Waals surface area contributed by atoms with Gasteiger partial charge in [0.15, 0.2) is 5.41 Å². The van der Waals surface area contributed by atoms with E-state index in [0.29, 0.717) is 24.2 Å². The Morgan fingerprint density at radius 3 is 2.25 bits per heavy atom. The highest BCUT2D eigenvalue weighted by Gasteiger charge is 2.25. The van der Waals surface area contributed by atoms with Crippen LogP contribution in [0.4, 0.5) is 0 Å². The van der Waals surface area contributed by atoms with Gasteiger partial charge in [0.25, 0.3) is 0 Å². The first-order valence-electron chi connectivity index (χ1n) is 7.47. The molecule has 0 fully saturated rings. The molecular formula is C18H28N2. The Balaban J connectivity index is 4.61. The van der Waals surface area contributed by atoms with Gasteiger partial charge in [-0.15, -0.1) is 6.58 Å². The fourth-order valence-electron chi connectivity index (χ4n) is 1.84. The highest BCUT2D eigenvalue weighted by atomic mass is 14.4. The van der Waals surface area contributed by atoms with Gasteiger partial charge in [-0.25, -0.2) is 0 Å². The molecule has 0 aromatic carbocycles. The van der Waals surface area contributed by atoms with Crippen molar-refractivity contribution in [1.29, 1.82) is 10.5 Å². The zero-order valence-corrected chi connectivity index (χ0v) is 13.4. The molecule has 0 rings (SSSR count). The van der Waals surface area contributed by atoms with E-state index in [0.717, 1.165) is 12.8 Å². The monoisotopic (exact) mass is 272 g/mol. The fraction of sp³-hybridized carbons (Fsp3) is 0.667. The summed E-state index contributed by atoms with van der Waals surface area (Å²) in [6.07, 6.45) is 10.2. The van der Waals surface area contributed by atoms with Crippen molar-refractivity contribution in [1.82, 2.24) is 0 Å². The largest absolute Gasteiger partial charge is 0.196 e. The number of hydrogen-bond acceptors (Lipinski definition) is 2. The summed E-state index contributed by atoms with van der Waals surface area (Å²) in [7, 11) is 0. The first kappa shape index (κ1) is 18.5. The second-order valence-electron chi connectivity index (χ2n) is 6.42. The Kier molecular flexibility index (Phi) is 7.93. The summed E-state index contributed by atoms with van der Waals surface area (Å²) in [5.74, 6) is 0.394. The molecule has 0 aromatic heterocycles. The second kappa shape index (κ2) is 8.60. The Morgan fingerprint density at radius 1 is 1.20 bits per heavy atom. The SMILES string of the molecule is C=CCCC(C#N)(C#N)/C=C/[C@@H](C)CCC(C)(C)CC. The molecule has 0 bridgehead atoms. The second-order valence-corrected chi connectivity index (χ2v) is 6.42. The van der Waals surface area contributed by atoms with Crippen LogP contribution < -0.4 is 0 Å². The summed E-state index contributed by atoms with van der Waals surface area (Å²) in [5.41, 5.74) is -0.630. The van der Waals surface area contributed by atoms with Crippen molar-refractivity contribution >= 4 is 0 Å². The van der Waals surface area contributed by atoms with Crippen LogP contribution in [0.5, 0.6) is 0 Å². The number of hydrogen-bond donors (Lipinski definition) is 0. The third-order valence-electron chi connectivity index (χ3n) is 4.08. The van der Waals surface area contributed by atoms with Gasteiger partial charge < -0.3 is 0 Å². The topological polar surface area (TPSA) is 47.6 Å². The molecule has 0 aliphatic carbocycles. The van der Waals surface area contributed by atoms with Crippen molar-refractivity contribution in [3.8, 4) is 12.1 Å². The molecule has 0 N–H and O–H groups in total. The summed E-state index contributed by atoms with van der Waals surface area (Å²) in [4.78, 5) is 0. The van der Waals surface area contributed by atoms with Gasteiger partial charge in [-0.05, 0) is 37.0 Å². The van der Waals surface area contributed by atoms with Gasteiger partial charge in [0.1, 0.15) is 0 Å². The van der Waals surface area contributed by atoms with E-state index in [1.54, 1.807) is 12.2 Å². The standard InChI is InChI=1S/C18H28N2/c1-6-8-11-18(14-19,15-20)13-10-16(3)9-12-17(4,5)7-2/h6,10,13,16H,1,7-9,11-12H2,2-5H3/b13-10+/t16-/m0/s1. The molecule has 2 heteroatoms. The molecule has 0 saturated heterocycles. The number of nitrogens with zero attached hydrogens (tertiary/aromatic N) is 2. The van der Waals surface area contributed by atoms with Crippen LogP contribution in [0.2, 0.25) is 0 Å². The van der Waals surface area contributed by atoms with Crippen LogP contribution in [0.25, 0.3) is 0 Å². The van der Waals surface area contributed by atoms with Crippen LogP contribution >= 0.6 is 0 Å². The Bertz CT molecular complexity index is 390. The minimum absolute atomic E-state index is 0.368. The normalized spacial score (nSPS) is 13.7. The lowest BCUT2D eigenvalue weighted by Gasteiger charge is -2.23. The van der Waals surface area contributed by atoms with Crippen LogP contribution in [0.3, 0.4) is 0 Å². The molecule has 0 radical (unpaired) electrons. The quantitative estimate of drug-likeness (QED) is 0.528. The molecule has 0 unspecified atom stereocenters. The van der Waals surface area contributed by atoms with Crippen molar-refractivity contribution in [2.45, 2.75) is 59.8 Å². The molecule has 1 atom stereocenters. The lowest BCUT2D eigenvalue weighted by molar-refractivity contribution is 0.299. The summed E-state index contributed by atoms with van der Waals surface area (Å²) < 4.78 is 0. The fourth-order valence-corrected chi connectivity index (χ4v) is 1.84. The minimum atomic E-state index is -0.997. The van der Waals surface area contributed by atoms with Crippen LogP contribution in [-0.2, 0) is 0 Å². The average molecular weight is 272 g/mol. The van der Waals surface area contributed by atoms with Gasteiger partial charge in [-0.3, -0.25) is 0 Å². The average Bonchev–Trinajstić information content (AvgIpc) is 2.46. The van der Waals surface area contributed by atoms with Crippen molar-refractivity contribution in [2.24, 2.45) is 16.7 Å². The van der Waals surface area contributed by atoms with Crippen LogP contribution in [0.15, 0.2) is 24.8 Å². The minimum Gasteiger partial charge on any atom is -0.196 e. The maximum absolute atomic E-state index is 9.26. The maximum Gasteiger partial charge on any atom is 0.162 e. The zero-order valence-electron chi connectivity index (χ0n) is 13.4. The third-order valence-corrected chi connectivity index (χ3v) is 4.08. The van der Waals surface area contributed by atoms with E-state index in [1.807, 2.05) is 6.08 Å². The Hall–Kier alpha value is -1.54. The van der Waals surface area contributed by atoms with Gasteiger partial charge in [-0.2, -0.15) is 10.5 Å². The predicted molar refractivity (Wildman–Crippen MR) is 84.7 cm³/mol. The van der Waals surface area contributed by atoms with E-state index >= 15 is 0 Å². The molecule has 20 heavy (non-hydrogen) atoms. The van der Waals surface area contributed by atoms with Crippen LogP contribution in [-0.4, -0.2) is 0 Å². The van der Waals surface area contributed by atoms with Crippen molar-refractivity contribution in [3.63, 3.8) is 0 Å². The van der Waals surface area contributed by atoms with Gasteiger partial charge in [-0.1, -0.05) is 52.3 Å². The Morgan fingerprint density at radius 2 is 1.80 bits per heavy atom. The molecule has 0 aliphatic heterocycles. The van der Waals surface area contributed by atoms with Gasteiger partial charge >= 0.3 is 0 Å². The van der Waals surface area contributed by atoms with E-state index in [9.17, 15) is 10.5 Å². The predicted octanol–water partition coefficient (Wildman–Crippen LogP) is 5.39. The first-order valence-corrected chi connectivity index (χ1v) is 7.47. The van der Waals surface area contributed by atoms with Crippen LogP contribution in [0.1, 0.15) is 59.8 Å². The van der Waals surface area contributed by atoms with E-state index in [2.05, 4.69) is 46.4 Å². The van der Waals surface area contributed by atoms with Gasteiger partial charge in [0.2, 0.25) is 0 Å². The lowest BCUT2D eigenvalue weighted by Crippen LogP contribution is -2.13. The molecule has 0 amide bonds. The number of allylic oxidation sites excluding steroid dienone is 3. The van der Waals surface area contributed by atoms with Gasteiger partial charge in [0.05, 0.1) is 12.1 Å². The summed E-state index contributed by atoms with van der Waals surface area (Å²) in [6, 6.07) is 4.29. The molecule has 0 aliphatic rings. The summed E-state index contributed by atoms with van der Waals surface area (Å²) in [5, 5.41) is 18.5. The van der Waals surface area contributed by atoms with Crippen molar-refractivity contribution in [2.75, 3.05) is 0 Å². The third kappa shape index (κ3) is 6.58. The molecule has 0 heterocycles. The van der Waals surface area contributed by atoms with Crippen LogP contribution in [0, 0.1) is 39.4 Å². The molecule has 2 nitrogen and oxygen atoms in total. The highest BCUT2D eigenvalue weighted by Crippen LogP contribution is 2.30. The number of nitriles is 2. The van der Waals surface area contributed by atoms with E-state index in [4.69, 9.17) is 0 Å². The zero-order chi connectivity index (χ0) is 15.6. The lowest BCUT2D eigenvalue weighted by atomic mass is 9.81.